The molecule has 1 aliphatic rings. The fourth-order valence-electron chi connectivity index (χ4n) is 3.24. The molecule has 0 radical (unpaired) electrons. The summed E-state index contributed by atoms with van der Waals surface area (Å²) in [5.41, 5.74) is 1.34. The molecule has 2 aromatic carbocycles. The number of aliphatic carboxylic acids is 1. The van der Waals surface area contributed by atoms with Crippen LogP contribution >= 0.6 is 0 Å². The van der Waals surface area contributed by atoms with E-state index in [1.165, 1.54) is 19.2 Å². The van der Waals surface area contributed by atoms with Crippen molar-refractivity contribution in [2.24, 2.45) is 0 Å². The fraction of sp³-hybridized carbons (Fsp3) is 0.318. The Morgan fingerprint density at radius 3 is 2.38 bits per heavy atom. The van der Waals surface area contributed by atoms with Crippen LogP contribution in [-0.2, 0) is 36.8 Å². The van der Waals surface area contributed by atoms with Gasteiger partial charge in [-0.1, -0.05) is 30.3 Å². The van der Waals surface area contributed by atoms with Gasteiger partial charge in [0.2, 0.25) is 0 Å². The molecule has 0 spiro atoms. The molecule has 10 nitrogen and oxygen atoms in total. The van der Waals surface area contributed by atoms with Crippen molar-refractivity contribution in [2.75, 3.05) is 13.9 Å². The van der Waals surface area contributed by atoms with Gasteiger partial charge >= 0.3 is 5.97 Å². The van der Waals surface area contributed by atoms with Gasteiger partial charge in [-0.05, 0) is 23.8 Å². The van der Waals surface area contributed by atoms with Crippen molar-refractivity contribution in [3.05, 3.63) is 59.7 Å². The number of rotatable bonds is 9. The minimum Gasteiger partial charge on any atom is -0.508 e. The highest BCUT2D eigenvalue weighted by atomic mass is 16.7. The Balaban J connectivity index is 1.61. The summed E-state index contributed by atoms with van der Waals surface area (Å²) in [5, 5.41) is 23.9. The maximum atomic E-state index is 12.7. The number of ether oxygens (including phenoxy) is 3. The molecule has 0 bridgehead atoms. The fourth-order valence-corrected chi connectivity index (χ4v) is 3.24. The smallest absolute Gasteiger partial charge is 0.326 e. The van der Waals surface area contributed by atoms with Crippen molar-refractivity contribution >= 4 is 17.8 Å². The SMILES string of the molecule is COc1ccccc1CNC(=O)[C@@H]1OCO[C@H]1C(=O)N[C@@H](Cc1ccc(O)cc1)C(=O)O. The second-order valence-corrected chi connectivity index (χ2v) is 7.09. The monoisotopic (exact) mass is 444 g/mol. The lowest BCUT2D eigenvalue weighted by molar-refractivity contribution is -0.144. The number of aromatic hydroxyl groups is 1. The zero-order valence-corrected chi connectivity index (χ0v) is 17.3. The van der Waals surface area contributed by atoms with E-state index < -0.39 is 36.0 Å². The standard InChI is InChI=1S/C22H24N2O8/c1-30-17-5-3-2-4-14(17)11-23-20(26)18-19(32-12-31-18)21(27)24-16(22(28)29)10-13-6-8-15(25)9-7-13/h2-9,16,18-19,25H,10-12H2,1H3,(H,23,26)(H,24,27)(H,28,29)/t16-,18+,19+/m0/s1. The molecule has 1 saturated heterocycles. The maximum absolute atomic E-state index is 12.7. The van der Waals surface area contributed by atoms with E-state index in [-0.39, 0.29) is 25.5 Å². The first kappa shape index (κ1) is 23.0. The quantitative estimate of drug-likeness (QED) is 0.440. The molecule has 1 aliphatic heterocycles. The van der Waals surface area contributed by atoms with Crippen LogP contribution in [0.5, 0.6) is 11.5 Å². The molecule has 3 rings (SSSR count). The highest BCUT2D eigenvalue weighted by Crippen LogP contribution is 2.18. The number of phenols is 1. The normalized spacial score (nSPS) is 18.5. The molecule has 4 N–H and O–H groups in total. The van der Waals surface area contributed by atoms with E-state index in [1.807, 2.05) is 0 Å². The van der Waals surface area contributed by atoms with Crippen LogP contribution in [0.1, 0.15) is 11.1 Å². The lowest BCUT2D eigenvalue weighted by Crippen LogP contribution is -2.52. The van der Waals surface area contributed by atoms with E-state index in [2.05, 4.69) is 10.6 Å². The number of nitrogens with one attached hydrogen (secondary N) is 2. The number of carboxylic acid groups (broad SMARTS) is 1. The average Bonchev–Trinajstić information content (AvgIpc) is 3.28. The van der Waals surface area contributed by atoms with Crippen molar-refractivity contribution in [3.63, 3.8) is 0 Å². The third-order valence-corrected chi connectivity index (χ3v) is 4.92. The highest BCUT2D eigenvalue weighted by molar-refractivity contribution is 5.93. The van der Waals surface area contributed by atoms with Crippen molar-refractivity contribution in [3.8, 4) is 11.5 Å². The minimum absolute atomic E-state index is 0.0143. The topological polar surface area (TPSA) is 143 Å². The van der Waals surface area contributed by atoms with Crippen molar-refractivity contribution < 1.29 is 38.8 Å². The average molecular weight is 444 g/mol. The number of phenolic OH excluding ortho intramolecular Hbond substituents is 1. The number of hydrogen-bond donors (Lipinski definition) is 4. The third kappa shape index (κ3) is 5.74. The van der Waals surface area contributed by atoms with Crippen molar-refractivity contribution in [1.29, 1.82) is 0 Å². The predicted octanol–water partition coefficient (Wildman–Crippen LogP) is 0.571. The number of para-hydroxylation sites is 1. The van der Waals surface area contributed by atoms with Crippen LogP contribution < -0.4 is 15.4 Å². The molecule has 0 saturated carbocycles. The number of carbonyl (C=O) groups is 3. The first-order chi connectivity index (χ1) is 15.4. The van der Waals surface area contributed by atoms with E-state index in [1.54, 1.807) is 36.4 Å². The molecule has 32 heavy (non-hydrogen) atoms. The largest absolute Gasteiger partial charge is 0.508 e. The van der Waals surface area contributed by atoms with Gasteiger partial charge in [0.25, 0.3) is 11.8 Å². The van der Waals surface area contributed by atoms with Gasteiger partial charge in [0.15, 0.2) is 12.2 Å². The highest BCUT2D eigenvalue weighted by Gasteiger charge is 2.41. The summed E-state index contributed by atoms with van der Waals surface area (Å²) in [5.74, 6) is -1.94. The van der Waals surface area contributed by atoms with E-state index in [0.29, 0.717) is 11.3 Å². The molecule has 2 aromatic rings. The summed E-state index contributed by atoms with van der Waals surface area (Å²) in [6, 6.07) is 11.8. The summed E-state index contributed by atoms with van der Waals surface area (Å²) in [7, 11) is 1.52. The Kier molecular flexibility index (Phi) is 7.63. The first-order valence-electron chi connectivity index (χ1n) is 9.83. The van der Waals surface area contributed by atoms with Crippen LogP contribution in [0.25, 0.3) is 0 Å². The third-order valence-electron chi connectivity index (χ3n) is 4.92. The molecule has 10 heteroatoms. The van der Waals surface area contributed by atoms with Gasteiger partial charge in [0.05, 0.1) is 7.11 Å². The van der Waals surface area contributed by atoms with Crippen LogP contribution in [-0.4, -0.2) is 60.1 Å². The van der Waals surface area contributed by atoms with Gasteiger partial charge in [0, 0.05) is 18.5 Å². The van der Waals surface area contributed by atoms with E-state index in [4.69, 9.17) is 14.2 Å². The molecular weight excluding hydrogens is 420 g/mol. The van der Waals surface area contributed by atoms with Gasteiger partial charge in [0.1, 0.15) is 24.3 Å². The van der Waals surface area contributed by atoms with Crippen LogP contribution in [0.2, 0.25) is 0 Å². The van der Waals surface area contributed by atoms with Gasteiger partial charge in [-0.3, -0.25) is 9.59 Å². The number of methoxy groups -OCH3 is 1. The minimum atomic E-state index is -1.30. The Labute approximate surface area is 184 Å². The molecular formula is C22H24N2O8. The van der Waals surface area contributed by atoms with Crippen molar-refractivity contribution in [2.45, 2.75) is 31.2 Å². The van der Waals surface area contributed by atoms with Crippen LogP contribution in [0.3, 0.4) is 0 Å². The lowest BCUT2D eigenvalue weighted by atomic mass is 10.0. The summed E-state index contributed by atoms with van der Waals surface area (Å²) < 4.78 is 15.8. The van der Waals surface area contributed by atoms with Gasteiger partial charge in [-0.25, -0.2) is 4.79 Å². The van der Waals surface area contributed by atoms with Crippen LogP contribution in [0.4, 0.5) is 0 Å². The summed E-state index contributed by atoms with van der Waals surface area (Å²) in [6.07, 6.45) is -2.54. The zero-order chi connectivity index (χ0) is 23.1. The summed E-state index contributed by atoms with van der Waals surface area (Å²) in [6.45, 7) is -0.129. The van der Waals surface area contributed by atoms with Crippen molar-refractivity contribution in [1.82, 2.24) is 10.6 Å². The summed E-state index contributed by atoms with van der Waals surface area (Å²) in [4.78, 5) is 36.9. The zero-order valence-electron chi connectivity index (χ0n) is 17.3. The van der Waals surface area contributed by atoms with Crippen LogP contribution in [0.15, 0.2) is 48.5 Å². The molecule has 2 amide bonds. The Bertz CT molecular complexity index is 963. The number of carbonyl (C=O) groups excluding carboxylic acids is 2. The number of hydrogen-bond acceptors (Lipinski definition) is 7. The lowest BCUT2D eigenvalue weighted by Gasteiger charge is -2.20. The molecule has 0 aliphatic carbocycles. The van der Waals surface area contributed by atoms with Crippen LogP contribution in [0, 0.1) is 0 Å². The molecule has 0 aromatic heterocycles. The second-order valence-electron chi connectivity index (χ2n) is 7.09. The number of carboxylic acids is 1. The Morgan fingerprint density at radius 2 is 1.72 bits per heavy atom. The molecule has 1 fully saturated rings. The Hall–Kier alpha value is -3.63. The number of benzene rings is 2. The van der Waals surface area contributed by atoms with Gasteiger partial charge in [-0.2, -0.15) is 0 Å². The number of amides is 2. The molecule has 1 heterocycles. The molecule has 170 valence electrons. The predicted molar refractivity (Wildman–Crippen MR) is 111 cm³/mol. The van der Waals surface area contributed by atoms with E-state index in [9.17, 15) is 24.6 Å². The molecule has 3 atom stereocenters. The van der Waals surface area contributed by atoms with E-state index >= 15 is 0 Å². The molecule has 0 unspecified atom stereocenters. The second kappa shape index (κ2) is 10.6. The van der Waals surface area contributed by atoms with E-state index in [0.717, 1.165) is 5.56 Å². The summed E-state index contributed by atoms with van der Waals surface area (Å²) >= 11 is 0. The first-order valence-corrected chi connectivity index (χ1v) is 9.83. The van der Waals surface area contributed by atoms with Gasteiger partial charge in [-0.15, -0.1) is 0 Å². The van der Waals surface area contributed by atoms with Gasteiger partial charge < -0.3 is 35.1 Å². The maximum Gasteiger partial charge on any atom is 0.326 e. The Morgan fingerprint density at radius 1 is 1.06 bits per heavy atom.